The minimum absolute atomic E-state index is 0.0933. The third-order valence-electron chi connectivity index (χ3n) is 3.79. The highest BCUT2D eigenvalue weighted by Crippen LogP contribution is 2.24. The average molecular weight is 456 g/mol. The molecule has 0 aromatic heterocycles. The molecule has 0 saturated heterocycles. The minimum atomic E-state index is -4.87. The largest absolute Gasteiger partial charge is 0.573 e. The Morgan fingerprint density at radius 2 is 1.59 bits per heavy atom. The van der Waals surface area contributed by atoms with E-state index in [1.165, 1.54) is 6.92 Å². The number of nitrogens with zero attached hydrogens (tertiary/aromatic N) is 1. The van der Waals surface area contributed by atoms with Crippen molar-refractivity contribution in [3.63, 3.8) is 0 Å². The highest BCUT2D eigenvalue weighted by Gasteiger charge is 2.31. The number of nitro benzene ring substituents is 1. The molecule has 1 atom stereocenters. The van der Waals surface area contributed by atoms with Gasteiger partial charge in [-0.15, -0.1) is 13.2 Å². The van der Waals surface area contributed by atoms with E-state index in [0.717, 1.165) is 49.6 Å². The van der Waals surface area contributed by atoms with E-state index < -0.39 is 46.7 Å². The van der Waals surface area contributed by atoms with E-state index in [0.29, 0.717) is 0 Å². The fourth-order valence-electron chi connectivity index (χ4n) is 2.34. The molecule has 1 N–H and O–H groups in total. The first kappa shape index (κ1) is 24.1. The second-order valence-electron chi connectivity index (χ2n) is 6.13. The Labute approximate surface area is 178 Å². The van der Waals surface area contributed by atoms with E-state index in [1.807, 2.05) is 0 Å². The molecule has 0 spiro atoms. The highest BCUT2D eigenvalue weighted by molar-refractivity contribution is 5.99. The normalized spacial score (nSPS) is 11.8. The van der Waals surface area contributed by atoms with Crippen molar-refractivity contribution in [2.24, 2.45) is 0 Å². The molecule has 0 saturated carbocycles. The van der Waals surface area contributed by atoms with Gasteiger partial charge in [0.1, 0.15) is 5.75 Å². The topological polar surface area (TPSA) is 134 Å². The number of benzene rings is 2. The number of esters is 2. The average Bonchev–Trinajstić information content (AvgIpc) is 2.72. The number of methoxy groups -OCH3 is 1. The number of nitro groups is 1. The van der Waals surface area contributed by atoms with Crippen LogP contribution >= 0.6 is 0 Å². The fraction of sp³-hybridized carbons (Fsp3) is 0.211. The molecule has 0 aliphatic rings. The van der Waals surface area contributed by atoms with E-state index in [4.69, 9.17) is 4.74 Å². The smallest absolute Gasteiger partial charge is 0.465 e. The molecule has 0 aliphatic heterocycles. The molecule has 2 aromatic rings. The van der Waals surface area contributed by atoms with Crippen molar-refractivity contribution in [1.82, 2.24) is 0 Å². The summed E-state index contributed by atoms with van der Waals surface area (Å²) < 4.78 is 49.7. The Kier molecular flexibility index (Phi) is 7.36. The van der Waals surface area contributed by atoms with Crippen LogP contribution in [0.15, 0.2) is 42.5 Å². The number of ether oxygens (including phenoxy) is 3. The van der Waals surface area contributed by atoms with Crippen LogP contribution in [0.5, 0.6) is 5.75 Å². The molecule has 32 heavy (non-hydrogen) atoms. The van der Waals surface area contributed by atoms with Crippen LogP contribution in [0.2, 0.25) is 0 Å². The van der Waals surface area contributed by atoms with Gasteiger partial charge in [-0.3, -0.25) is 14.9 Å². The molecule has 0 bridgehead atoms. The van der Waals surface area contributed by atoms with E-state index in [1.54, 1.807) is 0 Å². The maximum atomic E-state index is 12.3. The lowest BCUT2D eigenvalue weighted by Gasteiger charge is -2.14. The predicted octanol–water partition coefficient (Wildman–Crippen LogP) is 3.46. The lowest BCUT2D eigenvalue weighted by atomic mass is 10.1. The maximum Gasteiger partial charge on any atom is 0.573 e. The molecule has 10 nitrogen and oxygen atoms in total. The number of alkyl halides is 3. The first-order chi connectivity index (χ1) is 14.9. The molecule has 1 amide bonds. The quantitative estimate of drug-likeness (QED) is 0.380. The second kappa shape index (κ2) is 9.76. The number of nitrogens with one attached hydrogen (secondary N) is 1. The number of hydrogen-bond acceptors (Lipinski definition) is 8. The monoisotopic (exact) mass is 456 g/mol. The first-order valence-corrected chi connectivity index (χ1v) is 8.65. The third-order valence-corrected chi connectivity index (χ3v) is 3.79. The van der Waals surface area contributed by atoms with Gasteiger partial charge < -0.3 is 19.5 Å². The fourth-order valence-corrected chi connectivity index (χ4v) is 2.34. The first-order valence-electron chi connectivity index (χ1n) is 8.65. The molecule has 13 heteroatoms. The van der Waals surface area contributed by atoms with Gasteiger partial charge in [0.2, 0.25) is 0 Å². The van der Waals surface area contributed by atoms with Gasteiger partial charge in [0.15, 0.2) is 6.10 Å². The summed E-state index contributed by atoms with van der Waals surface area (Å²) in [6.07, 6.45) is -6.26. The molecular weight excluding hydrogens is 441 g/mol. The summed E-state index contributed by atoms with van der Waals surface area (Å²) in [4.78, 5) is 46.4. The SMILES string of the molecule is COC(=O)c1cc(C(=O)OC(C)C(=O)Nc2ccc(OC(F)(F)F)cc2)cc([N+](=O)[O-])c1. The van der Waals surface area contributed by atoms with Gasteiger partial charge in [-0.05, 0) is 37.3 Å². The Bertz CT molecular complexity index is 1040. The number of carbonyl (C=O) groups excluding carboxylic acids is 3. The summed E-state index contributed by atoms with van der Waals surface area (Å²) in [6.45, 7) is 1.20. The van der Waals surface area contributed by atoms with Crippen LogP contribution in [-0.2, 0) is 14.3 Å². The van der Waals surface area contributed by atoms with Crippen LogP contribution in [0, 0.1) is 10.1 Å². The number of anilines is 1. The van der Waals surface area contributed by atoms with Gasteiger partial charge in [-0.25, -0.2) is 9.59 Å². The van der Waals surface area contributed by atoms with Gasteiger partial charge in [0.25, 0.3) is 11.6 Å². The Morgan fingerprint density at radius 1 is 1.03 bits per heavy atom. The minimum Gasteiger partial charge on any atom is -0.465 e. The van der Waals surface area contributed by atoms with E-state index >= 15 is 0 Å². The van der Waals surface area contributed by atoms with Crippen molar-refractivity contribution in [1.29, 1.82) is 0 Å². The number of rotatable bonds is 7. The van der Waals surface area contributed by atoms with Crippen molar-refractivity contribution in [2.45, 2.75) is 19.4 Å². The Balaban J connectivity index is 2.08. The van der Waals surface area contributed by atoms with Crippen LogP contribution in [0.25, 0.3) is 0 Å². The molecular formula is C19H15F3N2O8. The standard InChI is InChI=1S/C19H15F3N2O8/c1-10(16(25)23-13-3-5-15(6-4-13)32-19(20,21)22)31-18(27)12-7-11(17(26)30-2)8-14(9-12)24(28)29/h3-10H,1-2H3,(H,23,25). The summed E-state index contributed by atoms with van der Waals surface area (Å²) in [5, 5.41) is 13.4. The van der Waals surface area contributed by atoms with Crippen LogP contribution in [0.3, 0.4) is 0 Å². The van der Waals surface area contributed by atoms with Crippen LogP contribution in [0.4, 0.5) is 24.5 Å². The summed E-state index contributed by atoms with van der Waals surface area (Å²) in [5.41, 5.74) is -1.12. The second-order valence-corrected chi connectivity index (χ2v) is 6.13. The summed E-state index contributed by atoms with van der Waals surface area (Å²) >= 11 is 0. The van der Waals surface area contributed by atoms with E-state index in [2.05, 4.69) is 14.8 Å². The number of amides is 1. The van der Waals surface area contributed by atoms with Crippen molar-refractivity contribution in [3.05, 3.63) is 63.7 Å². The summed E-state index contributed by atoms with van der Waals surface area (Å²) in [5.74, 6) is -3.38. The number of non-ortho nitro benzene ring substituents is 1. The van der Waals surface area contributed by atoms with Crippen LogP contribution in [-0.4, -0.2) is 42.3 Å². The van der Waals surface area contributed by atoms with Gasteiger partial charge in [0, 0.05) is 17.8 Å². The summed E-state index contributed by atoms with van der Waals surface area (Å²) in [6, 6.07) is 6.98. The van der Waals surface area contributed by atoms with Gasteiger partial charge in [-0.1, -0.05) is 0 Å². The molecule has 0 fully saturated rings. The molecule has 1 unspecified atom stereocenters. The van der Waals surface area contributed by atoms with Crippen molar-refractivity contribution < 1.29 is 46.7 Å². The molecule has 170 valence electrons. The van der Waals surface area contributed by atoms with Gasteiger partial charge >= 0.3 is 18.3 Å². The summed E-state index contributed by atoms with van der Waals surface area (Å²) in [7, 11) is 1.05. The Hall–Kier alpha value is -4.16. The molecule has 2 aromatic carbocycles. The van der Waals surface area contributed by atoms with Crippen molar-refractivity contribution in [2.75, 3.05) is 12.4 Å². The third kappa shape index (κ3) is 6.68. The van der Waals surface area contributed by atoms with Crippen LogP contribution < -0.4 is 10.1 Å². The molecule has 0 aliphatic carbocycles. The number of halogens is 3. The molecule has 0 radical (unpaired) electrons. The zero-order valence-electron chi connectivity index (χ0n) is 16.5. The molecule has 0 heterocycles. The molecule has 2 rings (SSSR count). The van der Waals surface area contributed by atoms with E-state index in [9.17, 15) is 37.7 Å². The highest BCUT2D eigenvalue weighted by atomic mass is 19.4. The van der Waals surface area contributed by atoms with Crippen LogP contribution in [0.1, 0.15) is 27.6 Å². The number of hydrogen-bond donors (Lipinski definition) is 1. The van der Waals surface area contributed by atoms with Gasteiger partial charge in [0.05, 0.1) is 23.2 Å². The lowest BCUT2D eigenvalue weighted by Crippen LogP contribution is -2.30. The van der Waals surface area contributed by atoms with Crippen molar-refractivity contribution >= 4 is 29.2 Å². The maximum absolute atomic E-state index is 12.3. The lowest BCUT2D eigenvalue weighted by molar-refractivity contribution is -0.384. The Morgan fingerprint density at radius 3 is 2.09 bits per heavy atom. The van der Waals surface area contributed by atoms with Gasteiger partial charge in [-0.2, -0.15) is 0 Å². The zero-order chi connectivity index (χ0) is 24.1. The zero-order valence-corrected chi connectivity index (χ0v) is 16.5. The van der Waals surface area contributed by atoms with Crippen molar-refractivity contribution in [3.8, 4) is 5.75 Å². The predicted molar refractivity (Wildman–Crippen MR) is 101 cm³/mol. The number of carbonyl (C=O) groups is 3. The van der Waals surface area contributed by atoms with E-state index in [-0.39, 0.29) is 16.8 Å².